The summed E-state index contributed by atoms with van der Waals surface area (Å²) in [7, 11) is -3.76. The quantitative estimate of drug-likeness (QED) is 0.280. The van der Waals surface area contributed by atoms with Gasteiger partial charge in [0.15, 0.2) is 5.82 Å². The lowest BCUT2D eigenvalue weighted by Gasteiger charge is -2.08. The van der Waals surface area contributed by atoms with Gasteiger partial charge in [0.1, 0.15) is 5.76 Å². The Labute approximate surface area is 192 Å². The molecule has 32 heavy (non-hydrogen) atoms. The lowest BCUT2D eigenvalue weighted by Crippen LogP contribution is -2.14. The number of carbonyl (C=O) groups excluding carboxylic acids is 1. The van der Waals surface area contributed by atoms with Crippen LogP contribution in [0.1, 0.15) is 89.7 Å². The van der Waals surface area contributed by atoms with Crippen LogP contribution in [0.25, 0.3) is 0 Å². The molecule has 2 aromatic rings. The third-order valence-electron chi connectivity index (χ3n) is 5.32. The Morgan fingerprint density at radius 3 is 2.00 bits per heavy atom. The van der Waals surface area contributed by atoms with E-state index in [1.807, 2.05) is 0 Å². The topological polar surface area (TPSA) is 101 Å². The number of unbranched alkanes of at least 4 members (excludes halogenated alkanes) is 10. The Bertz CT molecular complexity index is 908. The third-order valence-corrected chi connectivity index (χ3v) is 6.69. The first-order valence-electron chi connectivity index (χ1n) is 11.8. The van der Waals surface area contributed by atoms with Crippen molar-refractivity contribution in [2.45, 2.75) is 95.8 Å². The van der Waals surface area contributed by atoms with Gasteiger partial charge in [0.25, 0.3) is 10.0 Å². The molecule has 0 aliphatic carbocycles. The van der Waals surface area contributed by atoms with Crippen LogP contribution in [0.2, 0.25) is 0 Å². The van der Waals surface area contributed by atoms with E-state index in [0.717, 1.165) is 12.8 Å². The molecular formula is C24H37N3O4S. The number of anilines is 2. The van der Waals surface area contributed by atoms with Gasteiger partial charge in [-0.2, -0.15) is 0 Å². The summed E-state index contributed by atoms with van der Waals surface area (Å²) in [4.78, 5) is 12.2. The Morgan fingerprint density at radius 2 is 1.47 bits per heavy atom. The zero-order valence-corrected chi connectivity index (χ0v) is 20.2. The number of sulfonamides is 1. The van der Waals surface area contributed by atoms with Gasteiger partial charge < -0.3 is 9.84 Å². The molecule has 0 unspecified atom stereocenters. The van der Waals surface area contributed by atoms with Gasteiger partial charge in [-0.25, -0.2) is 8.42 Å². The van der Waals surface area contributed by atoms with Crippen LogP contribution in [0.4, 0.5) is 11.5 Å². The largest absolute Gasteiger partial charge is 0.360 e. The molecule has 0 radical (unpaired) electrons. The normalized spacial score (nSPS) is 11.4. The molecule has 0 aliphatic heterocycles. The summed E-state index contributed by atoms with van der Waals surface area (Å²) in [5.74, 6) is 0.596. The molecule has 1 aromatic carbocycles. The number of carbonyl (C=O) groups is 1. The Hall–Kier alpha value is -2.35. The number of aryl methyl sites for hydroxylation is 1. The lowest BCUT2D eigenvalue weighted by atomic mass is 10.1. The zero-order valence-electron chi connectivity index (χ0n) is 19.4. The summed E-state index contributed by atoms with van der Waals surface area (Å²) in [6.45, 7) is 3.92. The van der Waals surface area contributed by atoms with Gasteiger partial charge in [-0.15, -0.1) is 0 Å². The minimum atomic E-state index is -3.76. The van der Waals surface area contributed by atoms with E-state index in [0.29, 0.717) is 17.9 Å². The summed E-state index contributed by atoms with van der Waals surface area (Å²) in [5, 5.41) is 6.46. The van der Waals surface area contributed by atoms with E-state index in [-0.39, 0.29) is 16.6 Å². The number of hydrogen-bond donors (Lipinski definition) is 2. The predicted octanol–water partition coefficient (Wildman–Crippen LogP) is 6.42. The van der Waals surface area contributed by atoms with Crippen molar-refractivity contribution in [1.82, 2.24) is 5.16 Å². The molecule has 0 atom stereocenters. The average molecular weight is 464 g/mol. The molecule has 2 N–H and O–H groups in total. The molecule has 0 fully saturated rings. The molecule has 0 aliphatic rings. The molecule has 2 rings (SSSR count). The highest BCUT2D eigenvalue weighted by Crippen LogP contribution is 2.19. The fraction of sp³-hybridized carbons (Fsp3) is 0.583. The molecule has 1 amide bonds. The molecule has 1 heterocycles. The van der Waals surface area contributed by atoms with Gasteiger partial charge in [0.05, 0.1) is 4.90 Å². The van der Waals surface area contributed by atoms with E-state index in [2.05, 4.69) is 22.1 Å². The standard InChI is InChI=1S/C24H37N3O4S/c1-3-4-5-6-7-8-9-10-11-12-13-14-24(28)25-21-15-17-22(18-16-21)32(29,30)27-23-19-20(2)31-26-23/h15-19H,3-14H2,1-2H3,(H,25,28)(H,26,27). The second kappa shape index (κ2) is 13.9. The number of amides is 1. The Morgan fingerprint density at radius 1 is 0.906 bits per heavy atom. The van der Waals surface area contributed by atoms with E-state index in [1.165, 1.54) is 76.0 Å². The fourth-order valence-electron chi connectivity index (χ4n) is 3.50. The number of aromatic nitrogens is 1. The van der Waals surface area contributed by atoms with E-state index in [1.54, 1.807) is 19.1 Å². The van der Waals surface area contributed by atoms with Crippen molar-refractivity contribution in [3.05, 3.63) is 36.1 Å². The fourth-order valence-corrected chi connectivity index (χ4v) is 4.49. The number of benzene rings is 1. The molecule has 7 nitrogen and oxygen atoms in total. The maximum atomic E-state index is 12.4. The highest BCUT2D eigenvalue weighted by molar-refractivity contribution is 7.92. The number of nitrogens with one attached hydrogen (secondary N) is 2. The highest BCUT2D eigenvalue weighted by Gasteiger charge is 2.16. The van der Waals surface area contributed by atoms with Crippen molar-refractivity contribution in [1.29, 1.82) is 0 Å². The summed E-state index contributed by atoms with van der Waals surface area (Å²) < 4.78 is 32.0. The van der Waals surface area contributed by atoms with Crippen molar-refractivity contribution in [3.63, 3.8) is 0 Å². The van der Waals surface area contributed by atoms with Crippen LogP contribution in [0, 0.1) is 6.92 Å². The summed E-state index contributed by atoms with van der Waals surface area (Å²) in [6.07, 6.45) is 14.2. The number of rotatable bonds is 16. The van der Waals surface area contributed by atoms with Gasteiger partial charge in [0.2, 0.25) is 5.91 Å². The molecule has 1 aromatic heterocycles. The molecule has 0 bridgehead atoms. The zero-order chi connectivity index (χ0) is 23.2. The Kier molecular flexibility index (Phi) is 11.3. The van der Waals surface area contributed by atoms with Crippen molar-refractivity contribution >= 4 is 27.4 Å². The van der Waals surface area contributed by atoms with Gasteiger partial charge in [0, 0.05) is 18.2 Å². The smallest absolute Gasteiger partial charge is 0.263 e. The van der Waals surface area contributed by atoms with Crippen LogP contribution in [-0.2, 0) is 14.8 Å². The van der Waals surface area contributed by atoms with Crippen LogP contribution in [0.3, 0.4) is 0 Å². The van der Waals surface area contributed by atoms with Gasteiger partial charge in [-0.3, -0.25) is 9.52 Å². The Balaban J connectivity index is 1.61. The second-order valence-corrected chi connectivity index (χ2v) is 9.97. The SMILES string of the molecule is CCCCCCCCCCCCCC(=O)Nc1ccc(S(=O)(=O)Nc2cc(C)on2)cc1. The van der Waals surface area contributed by atoms with Gasteiger partial charge in [-0.1, -0.05) is 76.3 Å². The maximum absolute atomic E-state index is 12.4. The van der Waals surface area contributed by atoms with E-state index >= 15 is 0 Å². The van der Waals surface area contributed by atoms with Crippen molar-refractivity contribution in [2.75, 3.05) is 10.0 Å². The maximum Gasteiger partial charge on any atom is 0.263 e. The average Bonchev–Trinajstić information content (AvgIpc) is 3.16. The first-order valence-corrected chi connectivity index (χ1v) is 13.2. The lowest BCUT2D eigenvalue weighted by molar-refractivity contribution is -0.116. The first kappa shape index (κ1) is 25.9. The first-order chi connectivity index (χ1) is 15.4. The summed E-state index contributed by atoms with van der Waals surface area (Å²) in [5.41, 5.74) is 0.578. The molecule has 178 valence electrons. The molecule has 0 saturated carbocycles. The minimum Gasteiger partial charge on any atom is -0.360 e. The van der Waals surface area contributed by atoms with Gasteiger partial charge in [-0.05, 0) is 37.6 Å². The van der Waals surface area contributed by atoms with E-state index < -0.39 is 10.0 Å². The van der Waals surface area contributed by atoms with Crippen LogP contribution in [0.5, 0.6) is 0 Å². The predicted molar refractivity (Wildman–Crippen MR) is 128 cm³/mol. The molecule has 0 spiro atoms. The van der Waals surface area contributed by atoms with Crippen molar-refractivity contribution < 1.29 is 17.7 Å². The molecular weight excluding hydrogens is 426 g/mol. The number of nitrogens with zero attached hydrogens (tertiary/aromatic N) is 1. The van der Waals surface area contributed by atoms with E-state index in [9.17, 15) is 13.2 Å². The van der Waals surface area contributed by atoms with Crippen LogP contribution in [-0.4, -0.2) is 19.5 Å². The second-order valence-electron chi connectivity index (χ2n) is 8.29. The van der Waals surface area contributed by atoms with Crippen LogP contribution in [0.15, 0.2) is 39.8 Å². The van der Waals surface area contributed by atoms with Crippen molar-refractivity contribution in [2.24, 2.45) is 0 Å². The minimum absolute atomic E-state index is 0.0484. The monoisotopic (exact) mass is 463 g/mol. The summed E-state index contributed by atoms with van der Waals surface area (Å²) in [6, 6.07) is 7.57. The highest BCUT2D eigenvalue weighted by atomic mass is 32.2. The van der Waals surface area contributed by atoms with E-state index in [4.69, 9.17) is 4.52 Å². The van der Waals surface area contributed by atoms with Crippen LogP contribution < -0.4 is 10.0 Å². The van der Waals surface area contributed by atoms with Gasteiger partial charge >= 0.3 is 0 Å². The number of hydrogen-bond acceptors (Lipinski definition) is 5. The third kappa shape index (κ3) is 9.85. The molecule has 0 saturated heterocycles. The van der Waals surface area contributed by atoms with Crippen LogP contribution >= 0.6 is 0 Å². The van der Waals surface area contributed by atoms with Crippen molar-refractivity contribution in [3.8, 4) is 0 Å². The molecule has 8 heteroatoms. The summed E-state index contributed by atoms with van der Waals surface area (Å²) >= 11 is 0.